The molecule has 2 aliphatic rings. The summed E-state index contributed by atoms with van der Waals surface area (Å²) in [4.78, 5) is 12.4. The molecule has 1 unspecified atom stereocenters. The van der Waals surface area contributed by atoms with Crippen molar-refractivity contribution in [2.75, 3.05) is 24.7 Å². The second-order valence-electron chi connectivity index (χ2n) is 6.09. The predicted octanol–water partition coefficient (Wildman–Crippen LogP) is 3.80. The molecule has 4 heterocycles. The third-order valence-corrected chi connectivity index (χ3v) is 5.54. The molecule has 1 saturated heterocycles. The molecule has 1 aromatic carbocycles. The molecule has 122 valence electrons. The lowest BCUT2D eigenvalue weighted by atomic mass is 10.0. The molecule has 5 nitrogen and oxygen atoms in total. The SMILES string of the molecule is c1nc(N2CCCC2c2ccc3c(c2)OCCO3)c2ccsc2n1. The van der Waals surface area contributed by atoms with Crippen LogP contribution in [-0.4, -0.2) is 29.7 Å². The number of hydrogen-bond acceptors (Lipinski definition) is 6. The lowest BCUT2D eigenvalue weighted by Gasteiger charge is -2.27. The molecule has 5 rings (SSSR count). The lowest BCUT2D eigenvalue weighted by Crippen LogP contribution is -2.24. The third-order valence-electron chi connectivity index (χ3n) is 4.72. The molecule has 24 heavy (non-hydrogen) atoms. The number of ether oxygens (including phenoxy) is 2. The fraction of sp³-hybridized carbons (Fsp3) is 0.333. The number of thiophene rings is 1. The van der Waals surface area contributed by atoms with Gasteiger partial charge in [0.05, 0.1) is 11.4 Å². The van der Waals surface area contributed by atoms with Crippen LogP contribution in [0.3, 0.4) is 0 Å². The first-order valence-electron chi connectivity index (χ1n) is 8.24. The van der Waals surface area contributed by atoms with E-state index >= 15 is 0 Å². The predicted molar refractivity (Wildman–Crippen MR) is 94.2 cm³/mol. The zero-order chi connectivity index (χ0) is 15.9. The molecule has 6 heteroatoms. The van der Waals surface area contributed by atoms with E-state index in [2.05, 4.69) is 38.4 Å². The van der Waals surface area contributed by atoms with Crippen molar-refractivity contribution >= 4 is 27.4 Å². The quantitative estimate of drug-likeness (QED) is 0.711. The highest BCUT2D eigenvalue weighted by Crippen LogP contribution is 2.41. The number of benzene rings is 1. The Bertz CT molecular complexity index is 895. The van der Waals surface area contributed by atoms with Gasteiger partial charge in [0, 0.05) is 6.54 Å². The molecule has 1 fully saturated rings. The van der Waals surface area contributed by atoms with Crippen LogP contribution >= 0.6 is 11.3 Å². The largest absolute Gasteiger partial charge is 0.486 e. The molecule has 0 N–H and O–H groups in total. The smallest absolute Gasteiger partial charge is 0.161 e. The fourth-order valence-corrected chi connectivity index (χ4v) is 4.37. The Morgan fingerprint density at radius 3 is 2.96 bits per heavy atom. The molecule has 1 atom stereocenters. The highest BCUT2D eigenvalue weighted by atomic mass is 32.1. The normalized spacial score (nSPS) is 19.8. The zero-order valence-corrected chi connectivity index (χ0v) is 14.0. The van der Waals surface area contributed by atoms with E-state index < -0.39 is 0 Å². The first-order chi connectivity index (χ1) is 11.9. The van der Waals surface area contributed by atoms with Gasteiger partial charge < -0.3 is 14.4 Å². The Morgan fingerprint density at radius 2 is 2.00 bits per heavy atom. The summed E-state index contributed by atoms with van der Waals surface area (Å²) in [5, 5.41) is 3.23. The van der Waals surface area contributed by atoms with Gasteiger partial charge in [0.2, 0.25) is 0 Å². The second-order valence-corrected chi connectivity index (χ2v) is 6.99. The van der Waals surface area contributed by atoms with Crippen LogP contribution in [0.2, 0.25) is 0 Å². The monoisotopic (exact) mass is 339 g/mol. The van der Waals surface area contributed by atoms with E-state index in [4.69, 9.17) is 9.47 Å². The molecule has 0 radical (unpaired) electrons. The molecular formula is C18H17N3O2S. The van der Waals surface area contributed by atoms with Gasteiger partial charge in [0.25, 0.3) is 0 Å². The van der Waals surface area contributed by atoms with Crippen molar-refractivity contribution in [3.8, 4) is 11.5 Å². The Kier molecular flexibility index (Phi) is 3.29. The molecule has 0 aliphatic carbocycles. The van der Waals surface area contributed by atoms with Crippen molar-refractivity contribution in [3.63, 3.8) is 0 Å². The molecular weight excluding hydrogens is 322 g/mol. The van der Waals surface area contributed by atoms with Crippen LogP contribution in [0, 0.1) is 0 Å². The van der Waals surface area contributed by atoms with E-state index in [1.54, 1.807) is 17.7 Å². The molecule has 0 saturated carbocycles. The molecule has 3 aromatic rings. The van der Waals surface area contributed by atoms with Crippen LogP contribution in [0.15, 0.2) is 36.0 Å². The van der Waals surface area contributed by atoms with Gasteiger partial charge in [0.15, 0.2) is 11.5 Å². The van der Waals surface area contributed by atoms with Gasteiger partial charge in [-0.3, -0.25) is 0 Å². The standard InChI is InChI=1S/C18H17N3O2S/c1-2-14(12-3-4-15-16(10-12)23-8-7-22-15)21(6-1)17-13-5-9-24-18(13)20-11-19-17/h3-5,9-11,14H,1-2,6-8H2. The number of anilines is 1. The van der Waals surface area contributed by atoms with Gasteiger partial charge in [-0.2, -0.15) is 0 Å². The molecule has 2 aliphatic heterocycles. The van der Waals surface area contributed by atoms with Crippen molar-refractivity contribution in [2.45, 2.75) is 18.9 Å². The molecule has 0 spiro atoms. The van der Waals surface area contributed by atoms with Gasteiger partial charge in [-0.1, -0.05) is 6.07 Å². The highest BCUT2D eigenvalue weighted by molar-refractivity contribution is 7.16. The van der Waals surface area contributed by atoms with Crippen molar-refractivity contribution in [1.82, 2.24) is 9.97 Å². The molecule has 0 bridgehead atoms. The Hall–Kier alpha value is -2.34. The first kappa shape index (κ1) is 14.0. The summed E-state index contributed by atoms with van der Waals surface area (Å²) in [6.07, 6.45) is 3.96. The second kappa shape index (κ2) is 5.63. The van der Waals surface area contributed by atoms with Gasteiger partial charge >= 0.3 is 0 Å². The summed E-state index contributed by atoms with van der Waals surface area (Å²) >= 11 is 1.66. The first-order valence-corrected chi connectivity index (χ1v) is 9.12. The maximum atomic E-state index is 5.75. The van der Waals surface area contributed by atoms with Gasteiger partial charge in [-0.25, -0.2) is 9.97 Å². The maximum Gasteiger partial charge on any atom is 0.161 e. The van der Waals surface area contributed by atoms with Crippen molar-refractivity contribution in [3.05, 3.63) is 41.5 Å². The van der Waals surface area contributed by atoms with E-state index in [9.17, 15) is 0 Å². The van der Waals surface area contributed by atoms with Crippen molar-refractivity contribution < 1.29 is 9.47 Å². The van der Waals surface area contributed by atoms with Crippen LogP contribution in [-0.2, 0) is 0 Å². The number of nitrogens with zero attached hydrogens (tertiary/aromatic N) is 3. The maximum absolute atomic E-state index is 5.75. The summed E-state index contributed by atoms with van der Waals surface area (Å²) in [5.41, 5.74) is 1.26. The molecule has 0 amide bonds. The average Bonchev–Trinajstić information content (AvgIpc) is 3.30. The van der Waals surface area contributed by atoms with E-state index in [0.717, 1.165) is 46.9 Å². The van der Waals surface area contributed by atoms with Crippen LogP contribution < -0.4 is 14.4 Å². The Morgan fingerprint density at radius 1 is 1.08 bits per heavy atom. The minimum Gasteiger partial charge on any atom is -0.486 e. The van der Waals surface area contributed by atoms with Crippen LogP contribution in [0.1, 0.15) is 24.4 Å². The summed E-state index contributed by atoms with van der Waals surface area (Å²) in [5.74, 6) is 2.74. The van der Waals surface area contributed by atoms with E-state index in [0.29, 0.717) is 19.3 Å². The van der Waals surface area contributed by atoms with Gasteiger partial charge in [0.1, 0.15) is 30.2 Å². The lowest BCUT2D eigenvalue weighted by molar-refractivity contribution is 0.171. The number of rotatable bonds is 2. The summed E-state index contributed by atoms with van der Waals surface area (Å²) < 4.78 is 11.4. The Balaban J connectivity index is 1.55. The number of aromatic nitrogens is 2. The minimum atomic E-state index is 0.318. The van der Waals surface area contributed by atoms with Crippen LogP contribution in [0.4, 0.5) is 5.82 Å². The molecule has 2 aromatic heterocycles. The van der Waals surface area contributed by atoms with Crippen molar-refractivity contribution in [1.29, 1.82) is 0 Å². The van der Waals surface area contributed by atoms with E-state index in [1.807, 2.05) is 6.07 Å². The summed E-state index contributed by atoms with van der Waals surface area (Å²) in [6.45, 7) is 2.26. The summed E-state index contributed by atoms with van der Waals surface area (Å²) in [6, 6.07) is 8.75. The third kappa shape index (κ3) is 2.21. The van der Waals surface area contributed by atoms with Crippen LogP contribution in [0.25, 0.3) is 10.2 Å². The Labute approximate surface area is 143 Å². The van der Waals surface area contributed by atoms with Gasteiger partial charge in [-0.05, 0) is 42.0 Å². The summed E-state index contributed by atoms with van der Waals surface area (Å²) in [7, 11) is 0. The van der Waals surface area contributed by atoms with E-state index in [-0.39, 0.29) is 0 Å². The topological polar surface area (TPSA) is 47.5 Å². The minimum absolute atomic E-state index is 0.318. The van der Waals surface area contributed by atoms with Crippen LogP contribution in [0.5, 0.6) is 11.5 Å². The fourth-order valence-electron chi connectivity index (χ4n) is 3.64. The van der Waals surface area contributed by atoms with E-state index in [1.165, 1.54) is 5.56 Å². The number of hydrogen-bond donors (Lipinski definition) is 0. The van der Waals surface area contributed by atoms with Crippen molar-refractivity contribution in [2.24, 2.45) is 0 Å². The zero-order valence-electron chi connectivity index (χ0n) is 13.1. The number of fused-ring (bicyclic) bond motifs is 2. The highest BCUT2D eigenvalue weighted by Gasteiger charge is 2.29. The average molecular weight is 339 g/mol. The van der Waals surface area contributed by atoms with Gasteiger partial charge in [-0.15, -0.1) is 11.3 Å².